The third kappa shape index (κ3) is 0.986. The molecule has 1 aliphatic carbocycles. The third-order valence-electron chi connectivity index (χ3n) is 1.35. The van der Waals surface area contributed by atoms with Crippen LogP contribution in [0.15, 0.2) is 11.6 Å². The molecule has 0 heterocycles. The highest BCUT2D eigenvalue weighted by molar-refractivity contribution is 5.15. The van der Waals surface area contributed by atoms with Crippen LogP contribution in [0.1, 0.15) is 20.3 Å². The fourth-order valence-corrected chi connectivity index (χ4v) is 0.972. The first kappa shape index (κ1) is 4.76. The number of hydrogen-bond acceptors (Lipinski definition) is 0. The van der Waals surface area contributed by atoms with Crippen LogP contribution in [0.2, 0.25) is 0 Å². The molecule has 0 aromatic rings. The Morgan fingerprint density at radius 2 is 2.57 bits per heavy atom. The molecule has 1 aliphatic rings. The lowest BCUT2D eigenvalue weighted by Gasteiger charge is -2.04. The van der Waals surface area contributed by atoms with E-state index in [1.54, 1.807) is 0 Å². The van der Waals surface area contributed by atoms with Gasteiger partial charge in [0.1, 0.15) is 0 Å². The molecule has 0 nitrogen and oxygen atoms in total. The van der Waals surface area contributed by atoms with Gasteiger partial charge in [0.15, 0.2) is 0 Å². The molecular formula is C7H11-. The molecule has 0 saturated carbocycles. The maximum atomic E-state index is 2.26. The zero-order valence-electron chi connectivity index (χ0n) is 4.94. The minimum atomic E-state index is 0.806. The van der Waals surface area contributed by atoms with Gasteiger partial charge < -0.3 is 0 Å². The number of rotatable bonds is 0. The quantitative estimate of drug-likeness (QED) is 0.404. The van der Waals surface area contributed by atoms with E-state index in [9.17, 15) is 0 Å². The Labute approximate surface area is 45.2 Å². The van der Waals surface area contributed by atoms with Crippen LogP contribution < -0.4 is 0 Å². The van der Waals surface area contributed by atoms with Crippen molar-refractivity contribution in [1.29, 1.82) is 0 Å². The van der Waals surface area contributed by atoms with Gasteiger partial charge in [-0.15, -0.1) is 19.3 Å². The first-order valence-electron chi connectivity index (χ1n) is 2.79. The van der Waals surface area contributed by atoms with Crippen LogP contribution in [-0.4, -0.2) is 0 Å². The average molecular weight is 95.2 g/mol. The van der Waals surface area contributed by atoms with Gasteiger partial charge in [0.25, 0.3) is 0 Å². The Bertz CT molecular complexity index is 90.2. The summed E-state index contributed by atoms with van der Waals surface area (Å²) in [6.45, 7) is 4.42. The maximum absolute atomic E-state index is 2.26. The van der Waals surface area contributed by atoms with E-state index < -0.39 is 0 Å². The summed E-state index contributed by atoms with van der Waals surface area (Å²) in [5, 5.41) is 0. The van der Waals surface area contributed by atoms with Crippen LogP contribution in [0.5, 0.6) is 0 Å². The molecule has 0 amide bonds. The molecule has 0 saturated heterocycles. The number of allylic oxidation sites excluding steroid dienone is 2. The highest BCUT2D eigenvalue weighted by Gasteiger charge is 1.96. The lowest BCUT2D eigenvalue weighted by molar-refractivity contribution is 0.718. The van der Waals surface area contributed by atoms with Crippen molar-refractivity contribution in [3.63, 3.8) is 0 Å². The van der Waals surface area contributed by atoms with E-state index in [2.05, 4.69) is 26.3 Å². The minimum absolute atomic E-state index is 0.806. The van der Waals surface area contributed by atoms with Crippen LogP contribution >= 0.6 is 0 Å². The summed E-state index contributed by atoms with van der Waals surface area (Å²) in [5.41, 5.74) is 1.52. The highest BCUT2D eigenvalue weighted by atomic mass is 14.1. The van der Waals surface area contributed by atoms with E-state index in [0.29, 0.717) is 0 Å². The molecule has 1 atom stereocenters. The van der Waals surface area contributed by atoms with Crippen molar-refractivity contribution in [2.45, 2.75) is 20.3 Å². The third-order valence-corrected chi connectivity index (χ3v) is 1.35. The summed E-state index contributed by atoms with van der Waals surface area (Å²) in [7, 11) is 0. The molecule has 0 N–H and O–H groups in total. The standard InChI is InChI=1S/C7H11/c1-6-3-4-7(2)5-6/h3-4,6H,5H2,1-2H3/q-1. The van der Waals surface area contributed by atoms with Gasteiger partial charge in [0.05, 0.1) is 0 Å². The topological polar surface area (TPSA) is 0 Å². The Morgan fingerprint density at radius 3 is 2.71 bits per heavy atom. The Hall–Kier alpha value is -0.390. The molecular weight excluding hydrogens is 84.1 g/mol. The summed E-state index contributed by atoms with van der Waals surface area (Å²) >= 11 is 0. The smallest absolute Gasteiger partial charge is 0.0755 e. The Balaban J connectivity index is 2.42. The first-order chi connectivity index (χ1) is 3.29. The van der Waals surface area contributed by atoms with Gasteiger partial charge in [-0.2, -0.15) is 0 Å². The van der Waals surface area contributed by atoms with Gasteiger partial charge >= 0.3 is 0 Å². The van der Waals surface area contributed by atoms with E-state index in [1.807, 2.05) is 0 Å². The second-order valence-electron chi connectivity index (χ2n) is 2.39. The first-order valence-corrected chi connectivity index (χ1v) is 2.79. The van der Waals surface area contributed by atoms with Crippen LogP contribution in [0.25, 0.3) is 0 Å². The maximum Gasteiger partial charge on any atom is -0.0755 e. The minimum Gasteiger partial charge on any atom is -0.229 e. The van der Waals surface area contributed by atoms with E-state index in [0.717, 1.165) is 5.92 Å². The molecule has 0 heteroatoms. The predicted molar refractivity (Wildman–Crippen MR) is 31.8 cm³/mol. The van der Waals surface area contributed by atoms with Crippen molar-refractivity contribution in [3.8, 4) is 0 Å². The molecule has 40 valence electrons. The van der Waals surface area contributed by atoms with Gasteiger partial charge in [0.2, 0.25) is 0 Å². The van der Waals surface area contributed by atoms with E-state index in [1.165, 1.54) is 12.0 Å². The lowest BCUT2D eigenvalue weighted by Crippen LogP contribution is -1.83. The molecule has 0 radical (unpaired) electrons. The highest BCUT2D eigenvalue weighted by Crippen LogP contribution is 2.21. The molecule has 0 fully saturated rings. The second-order valence-corrected chi connectivity index (χ2v) is 2.39. The monoisotopic (exact) mass is 95.1 g/mol. The summed E-state index contributed by atoms with van der Waals surface area (Å²) in [4.78, 5) is 0. The Kier molecular flexibility index (Phi) is 1.09. The van der Waals surface area contributed by atoms with Crippen molar-refractivity contribution in [2.75, 3.05) is 0 Å². The fraction of sp³-hybridized carbons (Fsp3) is 0.571. The van der Waals surface area contributed by atoms with Crippen LogP contribution in [0.4, 0.5) is 0 Å². The normalized spacial score (nSPS) is 29.4. The molecule has 0 spiro atoms. The fourth-order valence-electron chi connectivity index (χ4n) is 0.972. The molecule has 0 bridgehead atoms. The number of hydrogen-bond donors (Lipinski definition) is 0. The molecule has 0 aliphatic heterocycles. The van der Waals surface area contributed by atoms with Crippen molar-refractivity contribution in [3.05, 3.63) is 18.1 Å². The van der Waals surface area contributed by atoms with E-state index in [4.69, 9.17) is 0 Å². The predicted octanol–water partition coefficient (Wildman–Crippen LogP) is 2.18. The van der Waals surface area contributed by atoms with Gasteiger partial charge in [0, 0.05) is 0 Å². The van der Waals surface area contributed by atoms with Gasteiger partial charge in [-0.1, -0.05) is 6.92 Å². The van der Waals surface area contributed by atoms with E-state index >= 15 is 0 Å². The van der Waals surface area contributed by atoms with Gasteiger partial charge in [-0.25, -0.2) is 18.1 Å². The SMILES string of the molecule is CC1=C[CH-]C(C)C1. The van der Waals surface area contributed by atoms with E-state index in [-0.39, 0.29) is 0 Å². The summed E-state index contributed by atoms with van der Waals surface area (Å²) < 4.78 is 0. The van der Waals surface area contributed by atoms with Gasteiger partial charge in [-0.3, -0.25) is 0 Å². The van der Waals surface area contributed by atoms with Gasteiger partial charge in [-0.05, 0) is 0 Å². The zero-order chi connectivity index (χ0) is 5.28. The van der Waals surface area contributed by atoms with Crippen molar-refractivity contribution in [1.82, 2.24) is 0 Å². The van der Waals surface area contributed by atoms with Crippen LogP contribution in [0.3, 0.4) is 0 Å². The molecule has 0 aromatic heterocycles. The van der Waals surface area contributed by atoms with Crippen LogP contribution in [-0.2, 0) is 0 Å². The molecule has 1 unspecified atom stereocenters. The largest absolute Gasteiger partial charge is 0.229 e. The average Bonchev–Trinajstić information content (AvgIpc) is 1.87. The second kappa shape index (κ2) is 1.61. The summed E-state index contributed by atoms with van der Waals surface area (Å²) in [6.07, 6.45) is 5.75. The summed E-state index contributed by atoms with van der Waals surface area (Å²) in [6, 6.07) is 0. The molecule has 0 aromatic carbocycles. The summed E-state index contributed by atoms with van der Waals surface area (Å²) in [5.74, 6) is 0.806. The van der Waals surface area contributed by atoms with Crippen molar-refractivity contribution in [2.24, 2.45) is 5.92 Å². The van der Waals surface area contributed by atoms with Crippen LogP contribution in [0, 0.1) is 12.3 Å². The Morgan fingerprint density at radius 1 is 1.86 bits per heavy atom. The molecule has 7 heavy (non-hydrogen) atoms. The van der Waals surface area contributed by atoms with Crippen molar-refractivity contribution < 1.29 is 0 Å². The lowest BCUT2D eigenvalue weighted by atomic mass is 10.1. The molecule has 1 rings (SSSR count). The zero-order valence-corrected chi connectivity index (χ0v) is 4.94. The van der Waals surface area contributed by atoms with Crippen molar-refractivity contribution >= 4 is 0 Å².